The SMILES string of the molecule is COCCNCCNC(=O)c1ccc(NC(=O)c2ccc(OC)cc2)s1. The zero-order valence-corrected chi connectivity index (χ0v) is 15.7. The van der Waals surface area contributed by atoms with Crippen LogP contribution in [0.2, 0.25) is 0 Å². The summed E-state index contributed by atoms with van der Waals surface area (Å²) in [6, 6.07) is 10.2. The molecule has 1 aromatic carbocycles. The number of carbonyl (C=O) groups is 2. The minimum atomic E-state index is -0.233. The monoisotopic (exact) mass is 377 g/mol. The third kappa shape index (κ3) is 6.14. The van der Waals surface area contributed by atoms with Crippen LogP contribution in [0, 0.1) is 0 Å². The molecule has 3 N–H and O–H groups in total. The van der Waals surface area contributed by atoms with E-state index in [0.717, 1.165) is 6.54 Å². The van der Waals surface area contributed by atoms with Crippen molar-refractivity contribution in [3.63, 3.8) is 0 Å². The second kappa shape index (κ2) is 10.5. The van der Waals surface area contributed by atoms with Gasteiger partial charge in [0.05, 0.1) is 23.6 Å². The number of hydrogen-bond donors (Lipinski definition) is 3. The summed E-state index contributed by atoms with van der Waals surface area (Å²) in [6.45, 7) is 2.57. The van der Waals surface area contributed by atoms with Gasteiger partial charge in [0.2, 0.25) is 0 Å². The Morgan fingerprint density at radius 1 is 0.962 bits per heavy atom. The summed E-state index contributed by atoms with van der Waals surface area (Å²) in [5.74, 6) is 0.297. The van der Waals surface area contributed by atoms with E-state index >= 15 is 0 Å². The number of carbonyl (C=O) groups excluding carboxylic acids is 2. The minimum absolute atomic E-state index is 0.159. The van der Waals surface area contributed by atoms with Gasteiger partial charge in [-0.1, -0.05) is 0 Å². The van der Waals surface area contributed by atoms with Crippen LogP contribution in [0.15, 0.2) is 36.4 Å². The highest BCUT2D eigenvalue weighted by molar-refractivity contribution is 7.18. The van der Waals surface area contributed by atoms with Crippen molar-refractivity contribution in [1.29, 1.82) is 0 Å². The van der Waals surface area contributed by atoms with Crippen molar-refractivity contribution in [2.75, 3.05) is 45.8 Å². The van der Waals surface area contributed by atoms with E-state index in [1.54, 1.807) is 50.6 Å². The van der Waals surface area contributed by atoms with Gasteiger partial charge in [0, 0.05) is 32.3 Å². The second-order valence-electron chi connectivity index (χ2n) is 5.35. The van der Waals surface area contributed by atoms with Crippen molar-refractivity contribution >= 4 is 28.2 Å². The summed E-state index contributed by atoms with van der Waals surface area (Å²) >= 11 is 1.23. The Balaban J connectivity index is 1.80. The Bertz CT molecular complexity index is 715. The van der Waals surface area contributed by atoms with Crippen LogP contribution in [0.1, 0.15) is 20.0 Å². The Kier molecular flexibility index (Phi) is 8.07. The average Bonchev–Trinajstić information content (AvgIpc) is 3.13. The molecule has 0 aliphatic heterocycles. The summed E-state index contributed by atoms with van der Waals surface area (Å²) in [5, 5.41) is 9.39. The third-order valence-electron chi connectivity index (χ3n) is 3.49. The quantitative estimate of drug-likeness (QED) is 0.551. The molecule has 8 heteroatoms. The molecular formula is C18H23N3O4S. The number of thiophene rings is 1. The zero-order chi connectivity index (χ0) is 18.8. The van der Waals surface area contributed by atoms with Crippen LogP contribution in [0.4, 0.5) is 5.00 Å². The average molecular weight is 377 g/mol. The van der Waals surface area contributed by atoms with Crippen LogP contribution < -0.4 is 20.7 Å². The van der Waals surface area contributed by atoms with Gasteiger partial charge in [-0.25, -0.2) is 0 Å². The lowest BCUT2D eigenvalue weighted by Gasteiger charge is -2.05. The van der Waals surface area contributed by atoms with Crippen LogP contribution in [-0.2, 0) is 4.74 Å². The first-order valence-corrected chi connectivity index (χ1v) is 8.99. The van der Waals surface area contributed by atoms with Gasteiger partial charge in [0.1, 0.15) is 5.75 Å². The lowest BCUT2D eigenvalue weighted by atomic mass is 10.2. The number of methoxy groups -OCH3 is 2. The molecule has 0 aliphatic rings. The smallest absolute Gasteiger partial charge is 0.261 e. The first kappa shape index (κ1) is 19.9. The summed E-state index contributed by atoms with van der Waals surface area (Å²) < 4.78 is 10.00. The van der Waals surface area contributed by atoms with Gasteiger partial charge in [0.25, 0.3) is 11.8 Å². The van der Waals surface area contributed by atoms with Crippen LogP contribution in [0.3, 0.4) is 0 Å². The van der Waals surface area contributed by atoms with Gasteiger partial charge in [0.15, 0.2) is 0 Å². The largest absolute Gasteiger partial charge is 0.497 e. The van der Waals surface area contributed by atoms with Crippen molar-refractivity contribution in [2.24, 2.45) is 0 Å². The maximum atomic E-state index is 12.2. The van der Waals surface area contributed by atoms with E-state index < -0.39 is 0 Å². The Morgan fingerprint density at radius 3 is 2.42 bits per heavy atom. The fraction of sp³-hybridized carbons (Fsp3) is 0.333. The molecule has 0 fully saturated rings. The lowest BCUT2D eigenvalue weighted by Crippen LogP contribution is -2.32. The molecular weight excluding hydrogens is 354 g/mol. The highest BCUT2D eigenvalue weighted by Gasteiger charge is 2.11. The van der Waals surface area contributed by atoms with E-state index in [-0.39, 0.29) is 11.8 Å². The highest BCUT2D eigenvalue weighted by Crippen LogP contribution is 2.22. The van der Waals surface area contributed by atoms with Crippen LogP contribution in [0.25, 0.3) is 0 Å². The van der Waals surface area contributed by atoms with Crippen molar-refractivity contribution in [2.45, 2.75) is 0 Å². The second-order valence-corrected chi connectivity index (χ2v) is 6.43. The molecule has 2 aromatic rings. The van der Waals surface area contributed by atoms with E-state index in [2.05, 4.69) is 16.0 Å². The third-order valence-corrected chi connectivity index (χ3v) is 4.49. The van der Waals surface area contributed by atoms with E-state index in [1.807, 2.05) is 0 Å². The number of benzene rings is 1. The van der Waals surface area contributed by atoms with Gasteiger partial charge < -0.3 is 25.4 Å². The first-order valence-electron chi connectivity index (χ1n) is 8.17. The highest BCUT2D eigenvalue weighted by atomic mass is 32.1. The standard InChI is InChI=1S/C18H23N3O4S/c1-24-12-11-19-9-10-20-18(23)15-7-8-16(26-15)21-17(22)13-3-5-14(25-2)6-4-13/h3-8,19H,9-12H2,1-2H3,(H,20,23)(H,21,22). The molecule has 0 spiro atoms. The van der Waals surface area contributed by atoms with Crippen molar-refractivity contribution in [1.82, 2.24) is 10.6 Å². The number of anilines is 1. The number of amides is 2. The summed E-state index contributed by atoms with van der Waals surface area (Å²) in [5.41, 5.74) is 0.521. The van der Waals surface area contributed by atoms with Crippen molar-refractivity contribution < 1.29 is 19.1 Å². The molecule has 26 heavy (non-hydrogen) atoms. The van der Waals surface area contributed by atoms with E-state index in [0.29, 0.717) is 40.9 Å². The Morgan fingerprint density at radius 2 is 1.73 bits per heavy atom. The number of ether oxygens (including phenoxy) is 2. The van der Waals surface area contributed by atoms with Gasteiger partial charge in [-0.2, -0.15) is 0 Å². The van der Waals surface area contributed by atoms with Gasteiger partial charge in [-0.3, -0.25) is 9.59 Å². The van der Waals surface area contributed by atoms with Crippen LogP contribution >= 0.6 is 11.3 Å². The van der Waals surface area contributed by atoms with Gasteiger partial charge in [-0.05, 0) is 36.4 Å². The molecule has 2 rings (SSSR count). The van der Waals surface area contributed by atoms with Gasteiger partial charge >= 0.3 is 0 Å². The topological polar surface area (TPSA) is 88.7 Å². The summed E-state index contributed by atoms with van der Waals surface area (Å²) in [7, 11) is 3.22. The van der Waals surface area contributed by atoms with Crippen LogP contribution in [0.5, 0.6) is 5.75 Å². The molecule has 7 nitrogen and oxygen atoms in total. The normalized spacial score (nSPS) is 10.4. The molecule has 1 aromatic heterocycles. The number of hydrogen-bond acceptors (Lipinski definition) is 6. The molecule has 140 valence electrons. The van der Waals surface area contributed by atoms with E-state index in [4.69, 9.17) is 9.47 Å². The fourth-order valence-electron chi connectivity index (χ4n) is 2.10. The number of rotatable bonds is 10. The summed E-state index contributed by atoms with van der Waals surface area (Å²) in [6.07, 6.45) is 0. The van der Waals surface area contributed by atoms with Gasteiger partial charge in [-0.15, -0.1) is 11.3 Å². The van der Waals surface area contributed by atoms with Crippen molar-refractivity contribution in [3.05, 3.63) is 46.8 Å². The number of nitrogens with one attached hydrogen (secondary N) is 3. The minimum Gasteiger partial charge on any atom is -0.497 e. The molecule has 0 saturated heterocycles. The van der Waals surface area contributed by atoms with E-state index in [9.17, 15) is 9.59 Å². The molecule has 1 heterocycles. The predicted molar refractivity (Wildman–Crippen MR) is 102 cm³/mol. The van der Waals surface area contributed by atoms with E-state index in [1.165, 1.54) is 11.3 Å². The first-order chi connectivity index (χ1) is 12.6. The predicted octanol–water partition coefficient (Wildman–Crippen LogP) is 1.97. The Labute approximate surface area is 156 Å². The maximum Gasteiger partial charge on any atom is 0.261 e. The molecule has 0 unspecified atom stereocenters. The molecule has 0 radical (unpaired) electrons. The van der Waals surface area contributed by atoms with Crippen LogP contribution in [-0.4, -0.2) is 52.3 Å². The molecule has 2 amide bonds. The maximum absolute atomic E-state index is 12.2. The molecule has 0 bridgehead atoms. The zero-order valence-electron chi connectivity index (χ0n) is 14.8. The summed E-state index contributed by atoms with van der Waals surface area (Å²) in [4.78, 5) is 24.9. The molecule has 0 aliphatic carbocycles. The fourth-order valence-corrected chi connectivity index (χ4v) is 2.92. The lowest BCUT2D eigenvalue weighted by molar-refractivity contribution is 0.0956. The Hall–Kier alpha value is -2.42. The molecule has 0 saturated carbocycles. The molecule has 0 atom stereocenters. The van der Waals surface area contributed by atoms with Crippen molar-refractivity contribution in [3.8, 4) is 5.75 Å².